The number of methoxy groups -OCH3 is 1. The lowest BCUT2D eigenvalue weighted by molar-refractivity contribution is 0.0292. The first kappa shape index (κ1) is 21.2. The van der Waals surface area contributed by atoms with Crippen LogP contribution in [0.2, 0.25) is 0 Å². The first-order valence-electron chi connectivity index (χ1n) is 8.64. The molecule has 1 aromatic carbocycles. The van der Waals surface area contributed by atoms with Crippen molar-refractivity contribution in [2.75, 3.05) is 39.9 Å². The number of benzene rings is 1. The SMILES string of the molecule is COc1ccc(C(C)C)cc1[C@H](N1CCNCC1)C(C)(C)CO.Cl. The van der Waals surface area contributed by atoms with Gasteiger partial charge in [-0.1, -0.05) is 39.8 Å². The topological polar surface area (TPSA) is 44.7 Å². The smallest absolute Gasteiger partial charge is 0.123 e. The van der Waals surface area contributed by atoms with Crippen LogP contribution in [0.5, 0.6) is 5.75 Å². The molecule has 0 radical (unpaired) electrons. The Labute approximate surface area is 153 Å². The maximum absolute atomic E-state index is 10.0. The van der Waals surface area contributed by atoms with Crippen molar-refractivity contribution in [2.24, 2.45) is 5.41 Å². The molecule has 1 aliphatic rings. The van der Waals surface area contributed by atoms with Crippen LogP contribution in [-0.4, -0.2) is 49.9 Å². The van der Waals surface area contributed by atoms with E-state index in [1.807, 2.05) is 0 Å². The van der Waals surface area contributed by atoms with E-state index >= 15 is 0 Å². The van der Waals surface area contributed by atoms with Crippen molar-refractivity contribution in [1.29, 1.82) is 0 Å². The fourth-order valence-electron chi connectivity index (χ4n) is 3.46. The number of rotatable bonds is 6. The molecule has 2 N–H and O–H groups in total. The average molecular weight is 357 g/mol. The normalized spacial score (nSPS) is 17.5. The highest BCUT2D eigenvalue weighted by atomic mass is 35.5. The van der Waals surface area contributed by atoms with Gasteiger partial charge >= 0.3 is 0 Å². The molecule has 0 amide bonds. The maximum atomic E-state index is 10.0. The van der Waals surface area contributed by atoms with Gasteiger partial charge in [-0.3, -0.25) is 4.90 Å². The van der Waals surface area contributed by atoms with Crippen molar-refractivity contribution in [2.45, 2.75) is 39.7 Å². The van der Waals surface area contributed by atoms with Crippen molar-refractivity contribution >= 4 is 12.4 Å². The van der Waals surface area contributed by atoms with E-state index in [4.69, 9.17) is 4.74 Å². The van der Waals surface area contributed by atoms with Crippen LogP contribution in [0.1, 0.15) is 50.8 Å². The van der Waals surface area contributed by atoms with Gasteiger partial charge in [0.1, 0.15) is 5.75 Å². The molecule has 0 aliphatic carbocycles. The predicted molar refractivity (Wildman–Crippen MR) is 102 cm³/mol. The predicted octanol–water partition coefficient (Wildman–Crippen LogP) is 3.21. The Kier molecular flexibility index (Phi) is 8.00. The van der Waals surface area contributed by atoms with Crippen LogP contribution in [0.4, 0.5) is 0 Å². The summed E-state index contributed by atoms with van der Waals surface area (Å²) in [7, 11) is 1.73. The van der Waals surface area contributed by atoms with Gasteiger partial charge in [0.2, 0.25) is 0 Å². The highest BCUT2D eigenvalue weighted by Gasteiger charge is 2.37. The second-order valence-corrected chi connectivity index (χ2v) is 7.49. The number of ether oxygens (including phenoxy) is 1. The standard InChI is InChI=1S/C19H32N2O2.ClH/c1-14(2)15-6-7-17(23-5)16(12-15)18(19(3,4)13-22)21-10-8-20-9-11-21;/h6-7,12,14,18,20,22H,8-11,13H2,1-5H3;1H/t18-;/m0./s1. The van der Waals surface area contributed by atoms with Gasteiger partial charge < -0.3 is 15.2 Å². The lowest BCUT2D eigenvalue weighted by Gasteiger charge is -2.44. The number of hydrogen-bond donors (Lipinski definition) is 2. The summed E-state index contributed by atoms with van der Waals surface area (Å²) in [5, 5.41) is 13.4. The quantitative estimate of drug-likeness (QED) is 0.821. The third kappa shape index (κ3) is 4.63. The third-order valence-electron chi connectivity index (χ3n) is 4.88. The van der Waals surface area contributed by atoms with Crippen LogP contribution in [-0.2, 0) is 0 Å². The Bertz CT molecular complexity index is 514. The van der Waals surface area contributed by atoms with E-state index in [1.54, 1.807) is 7.11 Å². The molecule has 24 heavy (non-hydrogen) atoms. The maximum Gasteiger partial charge on any atom is 0.123 e. The minimum absolute atomic E-state index is 0. The lowest BCUT2D eigenvalue weighted by atomic mass is 9.78. The number of halogens is 1. The molecular formula is C19H33ClN2O2. The Morgan fingerprint density at radius 3 is 2.38 bits per heavy atom. The Morgan fingerprint density at radius 1 is 1.25 bits per heavy atom. The van der Waals surface area contributed by atoms with Gasteiger partial charge in [-0.25, -0.2) is 0 Å². The van der Waals surface area contributed by atoms with Crippen LogP contribution in [0.15, 0.2) is 18.2 Å². The van der Waals surface area contributed by atoms with Crippen LogP contribution >= 0.6 is 12.4 Å². The summed E-state index contributed by atoms with van der Waals surface area (Å²) >= 11 is 0. The molecule has 1 fully saturated rings. The van der Waals surface area contributed by atoms with Crippen molar-refractivity contribution in [3.8, 4) is 5.75 Å². The lowest BCUT2D eigenvalue weighted by Crippen LogP contribution is -2.49. The molecule has 138 valence electrons. The Morgan fingerprint density at radius 2 is 1.88 bits per heavy atom. The fraction of sp³-hybridized carbons (Fsp3) is 0.684. The van der Waals surface area contributed by atoms with Crippen LogP contribution in [0.25, 0.3) is 0 Å². The molecule has 0 unspecified atom stereocenters. The van der Waals surface area contributed by atoms with Gasteiger partial charge in [0.15, 0.2) is 0 Å². The highest BCUT2D eigenvalue weighted by molar-refractivity contribution is 5.85. The number of hydrogen-bond acceptors (Lipinski definition) is 4. The van der Waals surface area contributed by atoms with Crippen molar-refractivity contribution < 1.29 is 9.84 Å². The molecule has 1 aromatic rings. The molecule has 1 aliphatic heterocycles. The van der Waals surface area contributed by atoms with E-state index in [0.717, 1.165) is 31.9 Å². The zero-order chi connectivity index (χ0) is 17.0. The molecule has 4 nitrogen and oxygen atoms in total. The minimum Gasteiger partial charge on any atom is -0.496 e. The summed E-state index contributed by atoms with van der Waals surface area (Å²) in [6, 6.07) is 6.64. The zero-order valence-electron chi connectivity index (χ0n) is 15.6. The van der Waals surface area contributed by atoms with Crippen LogP contribution in [0, 0.1) is 5.41 Å². The van der Waals surface area contributed by atoms with Gasteiger partial charge in [0.25, 0.3) is 0 Å². The fourth-order valence-corrected chi connectivity index (χ4v) is 3.46. The summed E-state index contributed by atoms with van der Waals surface area (Å²) in [4.78, 5) is 2.48. The molecular weight excluding hydrogens is 324 g/mol. The van der Waals surface area contributed by atoms with E-state index in [1.165, 1.54) is 11.1 Å². The summed E-state index contributed by atoms with van der Waals surface area (Å²) in [6.45, 7) is 12.8. The van der Waals surface area contributed by atoms with E-state index in [0.29, 0.717) is 5.92 Å². The molecule has 0 spiro atoms. The van der Waals surface area contributed by atoms with Gasteiger partial charge in [-0.05, 0) is 17.5 Å². The van der Waals surface area contributed by atoms with Crippen molar-refractivity contribution in [3.05, 3.63) is 29.3 Å². The van der Waals surface area contributed by atoms with Crippen molar-refractivity contribution in [1.82, 2.24) is 10.2 Å². The number of aliphatic hydroxyl groups is 1. The molecule has 0 aromatic heterocycles. The summed E-state index contributed by atoms with van der Waals surface area (Å²) < 4.78 is 5.67. The van der Waals surface area contributed by atoms with E-state index in [9.17, 15) is 5.11 Å². The second-order valence-electron chi connectivity index (χ2n) is 7.49. The van der Waals surface area contributed by atoms with Gasteiger partial charge in [-0.15, -0.1) is 12.4 Å². The van der Waals surface area contributed by atoms with Gasteiger partial charge in [0, 0.05) is 49.8 Å². The average Bonchev–Trinajstić information content (AvgIpc) is 2.55. The first-order valence-corrected chi connectivity index (χ1v) is 8.64. The summed E-state index contributed by atoms with van der Waals surface area (Å²) in [6.07, 6.45) is 0. The van der Waals surface area contributed by atoms with E-state index in [-0.39, 0.29) is 30.5 Å². The van der Waals surface area contributed by atoms with Crippen molar-refractivity contribution in [3.63, 3.8) is 0 Å². The van der Waals surface area contributed by atoms with Crippen LogP contribution < -0.4 is 10.1 Å². The monoisotopic (exact) mass is 356 g/mol. The number of nitrogens with one attached hydrogen (secondary N) is 1. The molecule has 0 bridgehead atoms. The van der Waals surface area contributed by atoms with E-state index < -0.39 is 0 Å². The molecule has 1 atom stereocenters. The highest BCUT2D eigenvalue weighted by Crippen LogP contribution is 2.43. The minimum atomic E-state index is -0.236. The Hall–Kier alpha value is -0.810. The molecule has 2 rings (SSSR count). The van der Waals surface area contributed by atoms with Gasteiger partial charge in [-0.2, -0.15) is 0 Å². The van der Waals surface area contributed by atoms with E-state index in [2.05, 4.69) is 56.1 Å². The zero-order valence-corrected chi connectivity index (χ0v) is 16.4. The second kappa shape index (κ2) is 9.04. The first-order chi connectivity index (χ1) is 10.9. The summed E-state index contributed by atoms with van der Waals surface area (Å²) in [5.74, 6) is 1.39. The molecule has 5 heteroatoms. The number of piperazine rings is 1. The largest absolute Gasteiger partial charge is 0.496 e. The molecule has 1 saturated heterocycles. The summed E-state index contributed by atoms with van der Waals surface area (Å²) in [5.41, 5.74) is 2.27. The Balaban J connectivity index is 0.00000288. The molecule has 1 heterocycles. The third-order valence-corrected chi connectivity index (χ3v) is 4.88. The number of nitrogens with zero attached hydrogens (tertiary/aromatic N) is 1. The molecule has 0 saturated carbocycles. The van der Waals surface area contributed by atoms with Crippen LogP contribution in [0.3, 0.4) is 0 Å². The van der Waals surface area contributed by atoms with Gasteiger partial charge in [0.05, 0.1) is 7.11 Å². The number of aliphatic hydroxyl groups excluding tert-OH is 1.